The minimum Gasteiger partial charge on any atom is -0.454 e. The van der Waals surface area contributed by atoms with Gasteiger partial charge < -0.3 is 4.74 Å². The van der Waals surface area contributed by atoms with E-state index >= 15 is 0 Å². The molecule has 0 fully saturated rings. The van der Waals surface area contributed by atoms with Gasteiger partial charge in [0.2, 0.25) is 0 Å². The van der Waals surface area contributed by atoms with Crippen molar-refractivity contribution in [2.75, 3.05) is 6.61 Å². The van der Waals surface area contributed by atoms with E-state index < -0.39 is 5.97 Å². The van der Waals surface area contributed by atoms with Crippen molar-refractivity contribution in [3.63, 3.8) is 0 Å². The van der Waals surface area contributed by atoms with Crippen LogP contribution in [0.15, 0.2) is 24.3 Å². The van der Waals surface area contributed by atoms with Crippen molar-refractivity contribution in [2.24, 2.45) is 0 Å². The first-order valence-corrected chi connectivity index (χ1v) is 4.86. The number of carbonyl (C=O) groups is 2. The summed E-state index contributed by atoms with van der Waals surface area (Å²) in [5, 5.41) is 0. The Morgan fingerprint density at radius 1 is 1.40 bits per heavy atom. The number of benzene rings is 1. The van der Waals surface area contributed by atoms with E-state index in [1.165, 1.54) is 0 Å². The van der Waals surface area contributed by atoms with Gasteiger partial charge in [-0.15, -0.1) is 0 Å². The summed E-state index contributed by atoms with van der Waals surface area (Å²) in [7, 11) is 0. The van der Waals surface area contributed by atoms with Crippen LogP contribution in [0.2, 0.25) is 0 Å². The Kier molecular flexibility index (Phi) is 4.03. The summed E-state index contributed by atoms with van der Waals surface area (Å²) in [6.45, 7) is 3.82. The van der Waals surface area contributed by atoms with E-state index in [0.29, 0.717) is 11.8 Å². The molecule has 0 unspecified atom stereocenters. The lowest BCUT2D eigenvalue weighted by Gasteiger charge is -2.10. The highest BCUT2D eigenvalue weighted by Crippen LogP contribution is 2.19. The van der Waals surface area contributed by atoms with Gasteiger partial charge in [0.25, 0.3) is 0 Å². The molecule has 15 heavy (non-hydrogen) atoms. The number of rotatable bonds is 4. The Morgan fingerprint density at radius 2 is 2.07 bits per heavy atom. The molecular weight excluding hydrogens is 192 g/mol. The van der Waals surface area contributed by atoms with E-state index in [9.17, 15) is 9.59 Å². The number of carbonyl (C=O) groups excluding carboxylic acids is 2. The predicted octanol–water partition coefficient (Wildman–Crippen LogP) is 2.17. The molecule has 0 aromatic heterocycles. The van der Waals surface area contributed by atoms with Crippen LogP contribution in [0.5, 0.6) is 0 Å². The topological polar surface area (TPSA) is 43.4 Å². The molecule has 0 N–H and O–H groups in total. The Morgan fingerprint density at radius 3 is 2.67 bits per heavy atom. The molecule has 1 aromatic rings. The molecule has 0 bridgehead atoms. The van der Waals surface area contributed by atoms with E-state index in [2.05, 4.69) is 0 Å². The molecule has 0 radical (unpaired) electrons. The Balaban J connectivity index is 2.92. The third-order valence-corrected chi connectivity index (χ3v) is 2.09. The molecule has 0 aliphatic rings. The van der Waals surface area contributed by atoms with Crippen molar-refractivity contribution >= 4 is 12.3 Å². The van der Waals surface area contributed by atoms with Crippen molar-refractivity contribution in [3.05, 3.63) is 35.4 Å². The lowest BCUT2D eigenvalue weighted by molar-refractivity contribution is -0.110. The zero-order valence-corrected chi connectivity index (χ0v) is 8.90. The van der Waals surface area contributed by atoms with Crippen LogP contribution in [-0.2, 0) is 9.53 Å². The van der Waals surface area contributed by atoms with E-state index in [1.807, 2.05) is 26.0 Å². The largest absolute Gasteiger partial charge is 0.454 e. The second kappa shape index (κ2) is 5.29. The maximum absolute atomic E-state index is 11.5. The standard InChI is InChI=1S/C12H14O3/c1-9(2)10-5-3-4-6-11(10)12(14)15-8-7-13/h3-7,9H,8H2,1-2H3. The minimum atomic E-state index is -0.439. The van der Waals surface area contributed by atoms with Gasteiger partial charge in [-0.2, -0.15) is 0 Å². The number of hydrogen-bond acceptors (Lipinski definition) is 3. The van der Waals surface area contributed by atoms with Crippen molar-refractivity contribution in [3.8, 4) is 0 Å². The number of aldehydes is 1. The van der Waals surface area contributed by atoms with E-state index in [1.54, 1.807) is 12.1 Å². The molecule has 0 saturated carbocycles. The SMILES string of the molecule is CC(C)c1ccccc1C(=O)OCC=O. The molecule has 0 heterocycles. The van der Waals surface area contributed by atoms with E-state index in [-0.39, 0.29) is 12.5 Å². The van der Waals surface area contributed by atoms with Crippen LogP contribution in [0, 0.1) is 0 Å². The first-order valence-electron chi connectivity index (χ1n) is 4.86. The third kappa shape index (κ3) is 2.91. The van der Waals surface area contributed by atoms with Gasteiger partial charge in [-0.3, -0.25) is 4.79 Å². The maximum Gasteiger partial charge on any atom is 0.338 e. The molecule has 0 amide bonds. The Labute approximate surface area is 89.1 Å². The average molecular weight is 206 g/mol. The molecule has 0 aliphatic heterocycles. The van der Waals surface area contributed by atoms with Crippen LogP contribution < -0.4 is 0 Å². The predicted molar refractivity (Wildman–Crippen MR) is 56.9 cm³/mol. The monoisotopic (exact) mass is 206 g/mol. The zero-order chi connectivity index (χ0) is 11.3. The summed E-state index contributed by atoms with van der Waals surface area (Å²) >= 11 is 0. The van der Waals surface area contributed by atoms with Crippen molar-refractivity contribution < 1.29 is 14.3 Å². The van der Waals surface area contributed by atoms with Crippen molar-refractivity contribution in [1.82, 2.24) is 0 Å². The van der Waals surface area contributed by atoms with Gasteiger partial charge in [0.1, 0.15) is 6.61 Å². The second-order valence-corrected chi connectivity index (χ2v) is 3.51. The highest BCUT2D eigenvalue weighted by molar-refractivity contribution is 5.91. The number of ether oxygens (including phenoxy) is 1. The first kappa shape index (κ1) is 11.4. The first-order chi connectivity index (χ1) is 7.16. The van der Waals surface area contributed by atoms with Gasteiger partial charge >= 0.3 is 5.97 Å². The fourth-order valence-corrected chi connectivity index (χ4v) is 1.37. The van der Waals surface area contributed by atoms with Crippen LogP contribution in [0.25, 0.3) is 0 Å². The van der Waals surface area contributed by atoms with Gasteiger partial charge in [0, 0.05) is 0 Å². The molecule has 80 valence electrons. The zero-order valence-electron chi connectivity index (χ0n) is 8.90. The Hall–Kier alpha value is -1.64. The smallest absolute Gasteiger partial charge is 0.338 e. The molecule has 3 heteroatoms. The van der Waals surface area contributed by atoms with Crippen LogP contribution in [0.1, 0.15) is 35.7 Å². The fourth-order valence-electron chi connectivity index (χ4n) is 1.37. The molecule has 1 rings (SSSR count). The van der Waals surface area contributed by atoms with E-state index in [4.69, 9.17) is 4.74 Å². The van der Waals surface area contributed by atoms with Gasteiger partial charge in [-0.1, -0.05) is 32.0 Å². The van der Waals surface area contributed by atoms with Gasteiger partial charge in [0.15, 0.2) is 6.29 Å². The Bertz CT molecular complexity index is 356. The van der Waals surface area contributed by atoms with Gasteiger partial charge in [-0.05, 0) is 17.5 Å². The fraction of sp³-hybridized carbons (Fsp3) is 0.333. The summed E-state index contributed by atoms with van der Waals surface area (Å²) in [6, 6.07) is 7.26. The normalized spacial score (nSPS) is 10.1. The maximum atomic E-state index is 11.5. The summed E-state index contributed by atoms with van der Waals surface area (Å²) in [5.74, 6) is -0.184. The van der Waals surface area contributed by atoms with Crippen LogP contribution in [-0.4, -0.2) is 18.9 Å². The third-order valence-electron chi connectivity index (χ3n) is 2.09. The molecular formula is C12H14O3. The highest BCUT2D eigenvalue weighted by atomic mass is 16.5. The van der Waals surface area contributed by atoms with Crippen LogP contribution in [0.4, 0.5) is 0 Å². The van der Waals surface area contributed by atoms with Gasteiger partial charge in [0.05, 0.1) is 5.56 Å². The lowest BCUT2D eigenvalue weighted by Crippen LogP contribution is -2.10. The molecule has 0 atom stereocenters. The summed E-state index contributed by atoms with van der Waals surface area (Å²) in [4.78, 5) is 21.6. The van der Waals surface area contributed by atoms with Crippen molar-refractivity contribution in [1.29, 1.82) is 0 Å². The van der Waals surface area contributed by atoms with Crippen LogP contribution >= 0.6 is 0 Å². The summed E-state index contributed by atoms with van der Waals surface area (Å²) in [5.41, 5.74) is 1.47. The molecule has 1 aromatic carbocycles. The highest BCUT2D eigenvalue weighted by Gasteiger charge is 2.13. The lowest BCUT2D eigenvalue weighted by atomic mass is 9.97. The number of esters is 1. The molecule has 3 nitrogen and oxygen atoms in total. The van der Waals surface area contributed by atoms with Crippen LogP contribution in [0.3, 0.4) is 0 Å². The molecule has 0 saturated heterocycles. The van der Waals surface area contributed by atoms with E-state index in [0.717, 1.165) is 5.56 Å². The summed E-state index contributed by atoms with van der Waals surface area (Å²) < 4.78 is 4.76. The summed E-state index contributed by atoms with van der Waals surface area (Å²) in [6.07, 6.45) is 0.565. The molecule has 0 spiro atoms. The van der Waals surface area contributed by atoms with Crippen molar-refractivity contribution in [2.45, 2.75) is 19.8 Å². The molecule has 0 aliphatic carbocycles. The quantitative estimate of drug-likeness (QED) is 0.560. The minimum absolute atomic E-state index is 0.189. The average Bonchev–Trinajstić information content (AvgIpc) is 2.25. The van der Waals surface area contributed by atoms with Gasteiger partial charge in [-0.25, -0.2) is 4.79 Å². The number of hydrogen-bond donors (Lipinski definition) is 0. The second-order valence-electron chi connectivity index (χ2n) is 3.51.